The van der Waals surface area contributed by atoms with Crippen LogP contribution in [0.4, 0.5) is 11.4 Å². The number of benzene rings is 2. The maximum atomic E-state index is 13.0. The van der Waals surface area contributed by atoms with Crippen molar-refractivity contribution in [2.45, 2.75) is 44.0 Å². The van der Waals surface area contributed by atoms with Gasteiger partial charge in [0.05, 0.1) is 4.90 Å². The van der Waals surface area contributed by atoms with Crippen molar-refractivity contribution in [2.24, 2.45) is 0 Å². The monoisotopic (exact) mass is 496 g/mol. The number of hydrogen-bond acceptors (Lipinski definition) is 6. The van der Waals surface area contributed by atoms with Gasteiger partial charge in [-0.1, -0.05) is 12.5 Å². The van der Waals surface area contributed by atoms with Gasteiger partial charge in [0.25, 0.3) is 5.91 Å². The highest BCUT2D eigenvalue weighted by molar-refractivity contribution is 7.89. The second-order valence-electron chi connectivity index (χ2n) is 8.51. The lowest BCUT2D eigenvalue weighted by atomic mass is 10.1. The minimum atomic E-state index is -3.65. The van der Waals surface area contributed by atoms with Crippen molar-refractivity contribution in [3.63, 3.8) is 0 Å². The molecule has 0 bridgehead atoms. The number of rotatable bonds is 7. The Morgan fingerprint density at radius 2 is 1.63 bits per heavy atom. The van der Waals surface area contributed by atoms with Gasteiger partial charge in [-0.05, 0) is 68.7 Å². The predicted octanol–water partition coefficient (Wildman–Crippen LogP) is 3.21. The zero-order chi connectivity index (χ0) is 25.0. The first-order valence-electron chi connectivity index (χ1n) is 11.4. The van der Waals surface area contributed by atoms with Crippen LogP contribution in [-0.4, -0.2) is 52.4 Å². The van der Waals surface area contributed by atoms with E-state index in [2.05, 4.69) is 20.7 Å². The van der Waals surface area contributed by atoms with Gasteiger partial charge in [-0.2, -0.15) is 9.40 Å². The minimum absolute atomic E-state index is 0.120. The third-order valence-corrected chi connectivity index (χ3v) is 7.92. The number of aromatic nitrogens is 3. The molecular weight excluding hydrogens is 468 g/mol. The molecule has 4 rings (SSSR count). The van der Waals surface area contributed by atoms with Gasteiger partial charge in [-0.15, -0.1) is 0 Å². The van der Waals surface area contributed by atoms with Crippen LogP contribution < -0.4 is 10.6 Å². The zero-order valence-electron chi connectivity index (χ0n) is 19.6. The van der Waals surface area contributed by atoms with Crippen LogP contribution in [0, 0.1) is 6.92 Å². The molecule has 0 spiro atoms. The second kappa shape index (κ2) is 10.4. The maximum absolute atomic E-state index is 13.0. The summed E-state index contributed by atoms with van der Waals surface area (Å²) in [7, 11) is -3.65. The van der Waals surface area contributed by atoms with Crippen molar-refractivity contribution in [1.82, 2.24) is 19.1 Å². The summed E-state index contributed by atoms with van der Waals surface area (Å²) in [6.45, 7) is 4.47. The van der Waals surface area contributed by atoms with Gasteiger partial charge in [0.2, 0.25) is 15.9 Å². The Bertz CT molecular complexity index is 1300. The van der Waals surface area contributed by atoms with Crippen LogP contribution in [0.2, 0.25) is 0 Å². The number of aryl methyl sites for hydroxylation is 1. The Labute approximate surface area is 204 Å². The topological polar surface area (TPSA) is 126 Å². The van der Waals surface area contributed by atoms with Crippen molar-refractivity contribution < 1.29 is 18.0 Å². The summed E-state index contributed by atoms with van der Waals surface area (Å²) in [5, 5.41) is 9.56. The van der Waals surface area contributed by atoms with Crippen molar-refractivity contribution in [3.05, 3.63) is 66.2 Å². The molecule has 2 aromatic carbocycles. The first-order valence-corrected chi connectivity index (χ1v) is 12.9. The number of hydrogen-bond donors (Lipinski definition) is 2. The summed E-state index contributed by atoms with van der Waals surface area (Å²) in [4.78, 5) is 29.3. The Morgan fingerprint density at radius 1 is 0.971 bits per heavy atom. The number of carbonyl (C=O) groups is 2. The fraction of sp³-hybridized carbons (Fsp3) is 0.333. The molecule has 184 valence electrons. The van der Waals surface area contributed by atoms with Crippen LogP contribution in [-0.2, 0) is 14.8 Å². The van der Waals surface area contributed by atoms with Crippen molar-refractivity contribution in [2.75, 3.05) is 23.7 Å². The lowest BCUT2D eigenvalue weighted by molar-refractivity contribution is -0.119. The van der Waals surface area contributed by atoms with E-state index in [0.717, 1.165) is 19.3 Å². The Morgan fingerprint density at radius 3 is 2.26 bits per heavy atom. The van der Waals surface area contributed by atoms with E-state index >= 15 is 0 Å². The molecule has 2 amide bonds. The minimum Gasteiger partial charge on any atom is -0.324 e. The first kappa shape index (κ1) is 24.6. The summed E-state index contributed by atoms with van der Waals surface area (Å²) in [6, 6.07) is 10.8. The molecule has 0 aliphatic carbocycles. The smallest absolute Gasteiger partial charge is 0.255 e. The standard InChI is InChI=1S/C24H28N6O4S/c1-17-6-11-21(35(33,34)29-12-4-3-5-13-29)14-22(17)24(32)28-20-9-7-19(8-10-20)27-23(31)18(2)30-16-25-15-26-30/h6-11,14-16,18H,3-5,12-13H2,1-2H3,(H,27,31)(H,28,32). The summed E-state index contributed by atoms with van der Waals surface area (Å²) in [6.07, 6.45) is 5.54. The summed E-state index contributed by atoms with van der Waals surface area (Å²) >= 11 is 0. The summed E-state index contributed by atoms with van der Waals surface area (Å²) < 4.78 is 29.0. The number of sulfonamides is 1. The molecule has 35 heavy (non-hydrogen) atoms. The third-order valence-electron chi connectivity index (χ3n) is 6.03. The van der Waals surface area contributed by atoms with E-state index in [0.29, 0.717) is 35.6 Å². The van der Waals surface area contributed by atoms with E-state index in [1.165, 1.54) is 27.7 Å². The van der Waals surface area contributed by atoms with E-state index in [4.69, 9.17) is 0 Å². The SMILES string of the molecule is Cc1ccc(S(=O)(=O)N2CCCCC2)cc1C(=O)Nc1ccc(NC(=O)C(C)n2cncn2)cc1. The number of piperidine rings is 1. The quantitative estimate of drug-likeness (QED) is 0.517. The van der Waals surface area contributed by atoms with Gasteiger partial charge < -0.3 is 10.6 Å². The summed E-state index contributed by atoms with van der Waals surface area (Å²) in [5.41, 5.74) is 2.04. The summed E-state index contributed by atoms with van der Waals surface area (Å²) in [5.74, 6) is -0.663. The average Bonchev–Trinajstić information content (AvgIpc) is 3.40. The van der Waals surface area contributed by atoms with Gasteiger partial charge in [-0.25, -0.2) is 18.1 Å². The van der Waals surface area contributed by atoms with Gasteiger partial charge >= 0.3 is 0 Å². The van der Waals surface area contributed by atoms with Gasteiger partial charge in [0, 0.05) is 30.0 Å². The highest BCUT2D eigenvalue weighted by Crippen LogP contribution is 2.24. The van der Waals surface area contributed by atoms with Crippen molar-refractivity contribution >= 4 is 33.2 Å². The highest BCUT2D eigenvalue weighted by Gasteiger charge is 2.27. The van der Waals surface area contributed by atoms with Crippen LogP contribution >= 0.6 is 0 Å². The van der Waals surface area contributed by atoms with Crippen LogP contribution in [0.15, 0.2) is 60.0 Å². The third kappa shape index (κ3) is 5.57. The van der Waals surface area contributed by atoms with Gasteiger partial charge in [-0.3, -0.25) is 9.59 Å². The molecular formula is C24H28N6O4S. The molecule has 1 unspecified atom stereocenters. The molecule has 2 heterocycles. The zero-order valence-corrected chi connectivity index (χ0v) is 20.5. The molecule has 1 atom stereocenters. The fourth-order valence-electron chi connectivity index (χ4n) is 3.88. The molecule has 0 saturated carbocycles. The number of carbonyl (C=O) groups excluding carboxylic acids is 2. The molecule has 1 fully saturated rings. The van der Waals surface area contributed by atoms with E-state index in [1.54, 1.807) is 50.2 Å². The molecule has 11 heteroatoms. The Kier molecular flexibility index (Phi) is 7.27. The number of anilines is 2. The molecule has 10 nitrogen and oxygen atoms in total. The number of amides is 2. The van der Waals surface area contributed by atoms with Crippen molar-refractivity contribution in [1.29, 1.82) is 0 Å². The highest BCUT2D eigenvalue weighted by atomic mass is 32.2. The maximum Gasteiger partial charge on any atom is 0.255 e. The normalized spacial score (nSPS) is 15.4. The molecule has 1 aromatic heterocycles. The van der Waals surface area contributed by atoms with Crippen LogP contribution in [0.25, 0.3) is 0 Å². The van der Waals surface area contributed by atoms with E-state index in [-0.39, 0.29) is 10.8 Å². The molecule has 1 saturated heterocycles. The molecule has 1 aliphatic heterocycles. The lowest BCUT2D eigenvalue weighted by Crippen LogP contribution is -2.35. The van der Waals surface area contributed by atoms with Crippen molar-refractivity contribution in [3.8, 4) is 0 Å². The molecule has 1 aliphatic rings. The Balaban J connectivity index is 1.44. The average molecular weight is 497 g/mol. The first-order chi connectivity index (χ1) is 16.8. The Hall–Kier alpha value is -3.57. The van der Waals surface area contributed by atoms with Gasteiger partial charge in [0.15, 0.2) is 0 Å². The van der Waals surface area contributed by atoms with Crippen LogP contribution in [0.1, 0.15) is 48.1 Å². The van der Waals surface area contributed by atoms with Crippen LogP contribution in [0.3, 0.4) is 0 Å². The predicted molar refractivity (Wildman–Crippen MR) is 132 cm³/mol. The second-order valence-corrected chi connectivity index (χ2v) is 10.5. The lowest BCUT2D eigenvalue weighted by Gasteiger charge is -2.26. The molecule has 3 aromatic rings. The molecule has 2 N–H and O–H groups in total. The molecule has 0 radical (unpaired) electrons. The number of nitrogens with one attached hydrogen (secondary N) is 2. The van der Waals surface area contributed by atoms with E-state index < -0.39 is 22.0 Å². The van der Waals surface area contributed by atoms with E-state index in [9.17, 15) is 18.0 Å². The van der Waals surface area contributed by atoms with E-state index in [1.807, 2.05) is 0 Å². The van der Waals surface area contributed by atoms with Gasteiger partial charge in [0.1, 0.15) is 18.7 Å². The van der Waals surface area contributed by atoms with Crippen LogP contribution in [0.5, 0.6) is 0 Å². The largest absolute Gasteiger partial charge is 0.324 e. The fourth-order valence-corrected chi connectivity index (χ4v) is 5.42. The number of nitrogens with zero attached hydrogens (tertiary/aromatic N) is 4.